The van der Waals surface area contributed by atoms with Crippen LogP contribution in [-0.4, -0.2) is 31.6 Å². The second kappa shape index (κ2) is 6.32. The van der Waals surface area contributed by atoms with Crippen LogP contribution in [-0.2, 0) is 13.1 Å². The fourth-order valence-electron chi connectivity index (χ4n) is 2.00. The second-order valence-corrected chi connectivity index (χ2v) is 5.50. The first-order valence-electron chi connectivity index (χ1n) is 6.47. The third kappa shape index (κ3) is 3.20. The van der Waals surface area contributed by atoms with Crippen molar-refractivity contribution in [2.75, 3.05) is 7.05 Å². The largest absolute Gasteiger partial charge is 0.338 e. The van der Waals surface area contributed by atoms with Crippen LogP contribution in [0.5, 0.6) is 0 Å². The molecule has 0 spiro atoms. The molecule has 0 amide bonds. The summed E-state index contributed by atoms with van der Waals surface area (Å²) in [5.74, 6) is 1.24. The van der Waals surface area contributed by atoms with Gasteiger partial charge in [0.05, 0.1) is 13.1 Å². The van der Waals surface area contributed by atoms with E-state index in [9.17, 15) is 8.78 Å². The Balaban J connectivity index is 1.64. The first-order chi connectivity index (χ1) is 10.6. The molecule has 0 bridgehead atoms. The molecule has 3 rings (SSSR count). The number of aromatic nitrogens is 4. The molecular weight excluding hydrogens is 312 g/mol. The van der Waals surface area contributed by atoms with Crippen LogP contribution < -0.4 is 0 Å². The minimum absolute atomic E-state index is 0.257. The Morgan fingerprint density at radius 1 is 1.41 bits per heavy atom. The van der Waals surface area contributed by atoms with E-state index in [1.165, 1.54) is 12.4 Å². The highest BCUT2D eigenvalue weighted by Crippen LogP contribution is 2.19. The molecule has 0 fully saturated rings. The lowest BCUT2D eigenvalue weighted by Gasteiger charge is -2.14. The van der Waals surface area contributed by atoms with E-state index in [1.807, 2.05) is 16.8 Å². The zero-order valence-corrected chi connectivity index (χ0v) is 12.5. The third-order valence-electron chi connectivity index (χ3n) is 3.02. The molecule has 3 heterocycles. The molecule has 9 heteroatoms. The summed E-state index contributed by atoms with van der Waals surface area (Å²) in [7, 11) is 1.78. The summed E-state index contributed by atoms with van der Waals surface area (Å²) in [6.07, 6.45) is 2.62. The van der Waals surface area contributed by atoms with Crippen molar-refractivity contribution in [1.29, 1.82) is 0 Å². The summed E-state index contributed by atoms with van der Waals surface area (Å²) < 4.78 is 31.5. The third-order valence-corrected chi connectivity index (χ3v) is 3.71. The van der Waals surface area contributed by atoms with Crippen molar-refractivity contribution in [1.82, 2.24) is 24.6 Å². The normalized spacial score (nSPS) is 11.7. The fraction of sp³-hybridized carbons (Fsp3) is 0.308. The molecule has 0 aliphatic rings. The van der Waals surface area contributed by atoms with Crippen LogP contribution in [0.4, 0.5) is 8.78 Å². The molecular formula is C13H13F2N5OS. The first kappa shape index (κ1) is 14.8. The predicted molar refractivity (Wildman–Crippen MR) is 76.3 cm³/mol. The number of halogens is 2. The minimum Gasteiger partial charge on any atom is -0.338 e. The lowest BCUT2D eigenvalue weighted by atomic mass is 10.3. The average molecular weight is 325 g/mol. The van der Waals surface area contributed by atoms with Gasteiger partial charge in [-0.1, -0.05) is 5.16 Å². The highest BCUT2D eigenvalue weighted by atomic mass is 32.1. The Hall–Kier alpha value is -2.13. The fourth-order valence-corrected chi connectivity index (χ4v) is 2.63. The van der Waals surface area contributed by atoms with Crippen LogP contribution in [0.25, 0.3) is 11.4 Å². The van der Waals surface area contributed by atoms with Crippen molar-refractivity contribution >= 4 is 11.3 Å². The SMILES string of the molecule is CN(Cc1nc(-c2ccsc2)no1)Cc1nccn1C(F)F. The standard InChI is InChI=1S/C13H13F2N5OS/c1-19(6-10-16-3-4-20(10)13(14)15)7-11-17-12(18-21-11)9-2-5-22-8-9/h2-5,8,13H,6-7H2,1H3. The summed E-state index contributed by atoms with van der Waals surface area (Å²) in [6.45, 7) is -1.99. The lowest BCUT2D eigenvalue weighted by molar-refractivity contribution is 0.0642. The highest BCUT2D eigenvalue weighted by molar-refractivity contribution is 7.08. The van der Waals surface area contributed by atoms with Crippen molar-refractivity contribution in [2.24, 2.45) is 0 Å². The van der Waals surface area contributed by atoms with Gasteiger partial charge in [0, 0.05) is 23.3 Å². The number of thiophene rings is 1. The van der Waals surface area contributed by atoms with Gasteiger partial charge in [0.1, 0.15) is 5.82 Å². The Labute approximate surface area is 129 Å². The summed E-state index contributed by atoms with van der Waals surface area (Å²) >= 11 is 1.55. The molecule has 6 nitrogen and oxygen atoms in total. The Morgan fingerprint density at radius 2 is 2.27 bits per heavy atom. The van der Waals surface area contributed by atoms with Crippen molar-refractivity contribution in [3.63, 3.8) is 0 Å². The van der Waals surface area contributed by atoms with Gasteiger partial charge in [-0.2, -0.15) is 25.1 Å². The van der Waals surface area contributed by atoms with Crippen LogP contribution in [0.3, 0.4) is 0 Å². The van der Waals surface area contributed by atoms with E-state index in [1.54, 1.807) is 23.3 Å². The average Bonchev–Trinajstić information content (AvgIpc) is 3.18. The van der Waals surface area contributed by atoms with E-state index in [2.05, 4.69) is 15.1 Å². The first-order valence-corrected chi connectivity index (χ1v) is 7.41. The van der Waals surface area contributed by atoms with Crippen LogP contribution >= 0.6 is 11.3 Å². The van der Waals surface area contributed by atoms with Gasteiger partial charge in [-0.3, -0.25) is 9.47 Å². The van der Waals surface area contributed by atoms with Gasteiger partial charge in [0.2, 0.25) is 11.7 Å². The maximum absolute atomic E-state index is 12.8. The highest BCUT2D eigenvalue weighted by Gasteiger charge is 2.15. The molecule has 0 aliphatic heterocycles. The Bertz CT molecular complexity index is 724. The van der Waals surface area contributed by atoms with Crippen molar-refractivity contribution < 1.29 is 13.3 Å². The maximum atomic E-state index is 12.8. The molecule has 0 saturated carbocycles. The topological polar surface area (TPSA) is 60.0 Å². The van der Waals surface area contributed by atoms with Gasteiger partial charge in [0.15, 0.2) is 0 Å². The summed E-state index contributed by atoms with van der Waals surface area (Å²) in [5.41, 5.74) is 0.899. The number of imidazole rings is 1. The van der Waals surface area contributed by atoms with Crippen molar-refractivity contribution in [2.45, 2.75) is 19.6 Å². The van der Waals surface area contributed by atoms with E-state index in [0.29, 0.717) is 18.3 Å². The number of alkyl halides is 2. The van der Waals surface area contributed by atoms with Crippen LogP contribution in [0.15, 0.2) is 33.7 Å². The molecule has 116 valence electrons. The van der Waals surface area contributed by atoms with E-state index in [0.717, 1.165) is 10.1 Å². The van der Waals surface area contributed by atoms with Crippen LogP contribution in [0, 0.1) is 0 Å². The van der Waals surface area contributed by atoms with E-state index in [-0.39, 0.29) is 12.4 Å². The second-order valence-electron chi connectivity index (χ2n) is 4.72. The van der Waals surface area contributed by atoms with Gasteiger partial charge < -0.3 is 4.52 Å². The monoisotopic (exact) mass is 325 g/mol. The molecule has 0 N–H and O–H groups in total. The van der Waals surface area contributed by atoms with Gasteiger partial charge >= 0.3 is 6.55 Å². The summed E-state index contributed by atoms with van der Waals surface area (Å²) in [4.78, 5) is 10.0. The molecule has 0 aliphatic carbocycles. The molecule has 0 unspecified atom stereocenters. The van der Waals surface area contributed by atoms with Crippen LogP contribution in [0.1, 0.15) is 18.3 Å². The Morgan fingerprint density at radius 3 is 3.00 bits per heavy atom. The summed E-state index contributed by atoms with van der Waals surface area (Å²) in [5, 5.41) is 7.77. The lowest BCUT2D eigenvalue weighted by Crippen LogP contribution is -2.20. The molecule has 3 aromatic heterocycles. The van der Waals surface area contributed by atoms with E-state index < -0.39 is 6.55 Å². The van der Waals surface area contributed by atoms with Gasteiger partial charge in [-0.05, 0) is 18.5 Å². The van der Waals surface area contributed by atoms with Crippen LogP contribution in [0.2, 0.25) is 0 Å². The zero-order chi connectivity index (χ0) is 15.5. The smallest absolute Gasteiger partial charge is 0.319 e. The molecule has 0 radical (unpaired) electrons. The maximum Gasteiger partial charge on any atom is 0.319 e. The number of rotatable bonds is 6. The van der Waals surface area contributed by atoms with E-state index >= 15 is 0 Å². The quantitative estimate of drug-likeness (QED) is 0.697. The zero-order valence-electron chi connectivity index (χ0n) is 11.7. The van der Waals surface area contributed by atoms with E-state index in [4.69, 9.17) is 4.52 Å². The number of nitrogens with zero attached hydrogens (tertiary/aromatic N) is 5. The number of hydrogen-bond donors (Lipinski definition) is 0. The molecule has 22 heavy (non-hydrogen) atoms. The molecule has 0 aromatic carbocycles. The molecule has 3 aromatic rings. The van der Waals surface area contributed by atoms with Crippen molar-refractivity contribution in [3.8, 4) is 11.4 Å². The molecule has 0 atom stereocenters. The van der Waals surface area contributed by atoms with Gasteiger partial charge in [0.25, 0.3) is 0 Å². The number of hydrogen-bond acceptors (Lipinski definition) is 6. The molecule has 0 saturated heterocycles. The predicted octanol–water partition coefficient (Wildman–Crippen LogP) is 3.02. The minimum atomic E-state index is -2.60. The van der Waals surface area contributed by atoms with Crippen molar-refractivity contribution in [3.05, 3.63) is 40.9 Å². The summed E-state index contributed by atoms with van der Waals surface area (Å²) in [6, 6.07) is 1.91. The van der Waals surface area contributed by atoms with Gasteiger partial charge in [-0.15, -0.1) is 0 Å². The Kier molecular flexibility index (Phi) is 4.25. The van der Waals surface area contributed by atoms with Gasteiger partial charge in [-0.25, -0.2) is 4.98 Å².